The SMILES string of the molecule is Cc1ccncc1C1C(=N)NC(=O)N1C. The van der Waals surface area contributed by atoms with Gasteiger partial charge in [-0.25, -0.2) is 4.79 Å². The second-order valence-electron chi connectivity index (χ2n) is 3.59. The number of urea groups is 1. The summed E-state index contributed by atoms with van der Waals surface area (Å²) < 4.78 is 0. The Morgan fingerprint density at radius 1 is 1.60 bits per heavy atom. The lowest BCUT2D eigenvalue weighted by molar-refractivity contribution is 0.217. The molecule has 2 heterocycles. The average Bonchev–Trinajstić information content (AvgIpc) is 2.43. The molecule has 0 spiro atoms. The molecule has 0 bridgehead atoms. The third kappa shape index (κ3) is 1.45. The summed E-state index contributed by atoms with van der Waals surface area (Å²) in [4.78, 5) is 16.9. The number of aromatic nitrogens is 1. The zero-order valence-corrected chi connectivity index (χ0v) is 8.61. The summed E-state index contributed by atoms with van der Waals surface area (Å²) in [5.41, 5.74) is 1.92. The predicted octanol–water partition coefficient (Wildman–Crippen LogP) is 1.06. The van der Waals surface area contributed by atoms with Crippen molar-refractivity contribution in [3.8, 4) is 0 Å². The Kier molecular flexibility index (Phi) is 2.15. The van der Waals surface area contributed by atoms with E-state index in [2.05, 4.69) is 10.3 Å². The van der Waals surface area contributed by atoms with E-state index in [1.807, 2.05) is 13.0 Å². The van der Waals surface area contributed by atoms with Gasteiger partial charge in [0.1, 0.15) is 11.9 Å². The van der Waals surface area contributed by atoms with Crippen molar-refractivity contribution in [3.05, 3.63) is 29.6 Å². The molecule has 1 unspecified atom stereocenters. The van der Waals surface area contributed by atoms with Crippen molar-refractivity contribution in [2.24, 2.45) is 0 Å². The molecule has 0 radical (unpaired) electrons. The maximum absolute atomic E-state index is 11.3. The van der Waals surface area contributed by atoms with Gasteiger partial charge in [-0.3, -0.25) is 15.7 Å². The van der Waals surface area contributed by atoms with E-state index in [1.165, 1.54) is 4.90 Å². The van der Waals surface area contributed by atoms with Gasteiger partial charge in [-0.1, -0.05) is 0 Å². The largest absolute Gasteiger partial charge is 0.323 e. The molecule has 1 aliphatic heterocycles. The first kappa shape index (κ1) is 9.64. The molecule has 0 aromatic carbocycles. The third-order valence-corrected chi connectivity index (χ3v) is 2.60. The minimum Gasteiger partial charge on any atom is -0.313 e. The fraction of sp³-hybridized carbons (Fsp3) is 0.300. The Morgan fingerprint density at radius 3 is 2.87 bits per heavy atom. The quantitative estimate of drug-likeness (QED) is 0.718. The minimum absolute atomic E-state index is 0.207. The summed E-state index contributed by atoms with van der Waals surface area (Å²) in [5, 5.41) is 10.2. The Bertz CT molecular complexity index is 429. The highest BCUT2D eigenvalue weighted by molar-refractivity contribution is 6.05. The van der Waals surface area contributed by atoms with Crippen molar-refractivity contribution in [2.75, 3.05) is 7.05 Å². The van der Waals surface area contributed by atoms with Crippen molar-refractivity contribution in [1.82, 2.24) is 15.2 Å². The van der Waals surface area contributed by atoms with Crippen LogP contribution < -0.4 is 5.32 Å². The van der Waals surface area contributed by atoms with Crippen molar-refractivity contribution in [2.45, 2.75) is 13.0 Å². The Morgan fingerprint density at radius 2 is 2.33 bits per heavy atom. The summed E-state index contributed by atoms with van der Waals surface area (Å²) in [6.45, 7) is 1.95. The van der Waals surface area contributed by atoms with Crippen LogP contribution in [0.2, 0.25) is 0 Å². The number of pyridine rings is 1. The van der Waals surface area contributed by atoms with E-state index < -0.39 is 0 Å². The second kappa shape index (κ2) is 3.34. The minimum atomic E-state index is -0.328. The van der Waals surface area contributed by atoms with Gasteiger partial charge in [0.2, 0.25) is 0 Å². The lowest BCUT2D eigenvalue weighted by Crippen LogP contribution is -2.25. The van der Waals surface area contributed by atoms with Gasteiger partial charge in [0.05, 0.1) is 0 Å². The summed E-state index contributed by atoms with van der Waals surface area (Å²) in [6.07, 6.45) is 3.40. The molecule has 15 heavy (non-hydrogen) atoms. The van der Waals surface area contributed by atoms with E-state index in [0.717, 1.165) is 11.1 Å². The number of likely N-dealkylation sites (N-methyl/N-ethyl adjacent to an activating group) is 1. The first-order chi connectivity index (χ1) is 7.11. The molecule has 1 saturated heterocycles. The maximum Gasteiger partial charge on any atom is 0.323 e. The molecule has 0 aliphatic carbocycles. The van der Waals surface area contributed by atoms with Crippen molar-refractivity contribution < 1.29 is 4.79 Å². The lowest BCUT2D eigenvalue weighted by Gasteiger charge is -2.19. The number of amidine groups is 1. The molecule has 1 aliphatic rings. The Labute approximate surface area is 87.6 Å². The molecule has 1 aromatic heterocycles. The summed E-state index contributed by atoms with van der Waals surface area (Å²) in [6, 6.07) is 1.30. The second-order valence-corrected chi connectivity index (χ2v) is 3.59. The van der Waals surface area contributed by atoms with E-state index in [0.29, 0.717) is 0 Å². The number of aryl methyl sites for hydroxylation is 1. The third-order valence-electron chi connectivity index (χ3n) is 2.60. The highest BCUT2D eigenvalue weighted by Gasteiger charge is 2.34. The van der Waals surface area contributed by atoms with Gasteiger partial charge < -0.3 is 4.90 Å². The molecule has 2 rings (SSSR count). The summed E-state index contributed by atoms with van der Waals surface area (Å²) in [7, 11) is 1.67. The van der Waals surface area contributed by atoms with Crippen LogP contribution in [0.15, 0.2) is 18.5 Å². The average molecular weight is 204 g/mol. The first-order valence-corrected chi connectivity index (χ1v) is 4.64. The molecule has 78 valence electrons. The van der Waals surface area contributed by atoms with Crippen LogP contribution in [0.5, 0.6) is 0 Å². The topological polar surface area (TPSA) is 69.1 Å². The number of amides is 2. The van der Waals surface area contributed by atoms with Crippen molar-refractivity contribution >= 4 is 11.9 Å². The fourth-order valence-corrected chi connectivity index (χ4v) is 1.71. The summed E-state index contributed by atoms with van der Waals surface area (Å²) in [5.74, 6) is 0.207. The molecule has 0 saturated carbocycles. The van der Waals surface area contributed by atoms with Gasteiger partial charge in [0.15, 0.2) is 0 Å². The number of hydrogen-bond acceptors (Lipinski definition) is 3. The maximum atomic E-state index is 11.3. The lowest BCUT2D eigenvalue weighted by atomic mass is 10.0. The van der Waals surface area contributed by atoms with E-state index in [1.54, 1.807) is 19.4 Å². The fourth-order valence-electron chi connectivity index (χ4n) is 1.71. The van der Waals surface area contributed by atoms with Crippen LogP contribution in [0.1, 0.15) is 17.2 Å². The molecule has 5 nitrogen and oxygen atoms in total. The van der Waals surface area contributed by atoms with Gasteiger partial charge >= 0.3 is 6.03 Å². The molecular weight excluding hydrogens is 192 g/mol. The molecular formula is C10H12N4O. The van der Waals surface area contributed by atoms with E-state index in [-0.39, 0.29) is 17.9 Å². The van der Waals surface area contributed by atoms with Gasteiger partial charge in [-0.05, 0) is 18.6 Å². The Balaban J connectivity index is 2.43. The van der Waals surface area contributed by atoms with Crippen LogP contribution in [0.25, 0.3) is 0 Å². The Hall–Kier alpha value is -1.91. The molecule has 2 amide bonds. The molecule has 2 N–H and O–H groups in total. The standard InChI is InChI=1S/C10H12N4O/c1-6-3-4-12-5-7(6)8-9(11)13-10(15)14(8)2/h3-5,8H,1-2H3,(H2,11,13,15). The number of hydrogen-bond donors (Lipinski definition) is 2. The monoisotopic (exact) mass is 204 g/mol. The van der Waals surface area contributed by atoms with Crippen molar-refractivity contribution in [3.63, 3.8) is 0 Å². The number of rotatable bonds is 1. The van der Waals surface area contributed by atoms with E-state index in [9.17, 15) is 4.79 Å². The van der Waals surface area contributed by atoms with Gasteiger partial charge in [0, 0.05) is 25.0 Å². The normalized spacial score (nSPS) is 20.7. The van der Waals surface area contributed by atoms with Crippen LogP contribution in [0.4, 0.5) is 4.79 Å². The number of nitrogens with one attached hydrogen (secondary N) is 2. The summed E-state index contributed by atoms with van der Waals surface area (Å²) >= 11 is 0. The van der Waals surface area contributed by atoms with E-state index in [4.69, 9.17) is 5.41 Å². The van der Waals surface area contributed by atoms with Gasteiger partial charge in [-0.15, -0.1) is 0 Å². The highest BCUT2D eigenvalue weighted by Crippen LogP contribution is 2.25. The zero-order chi connectivity index (χ0) is 11.0. The number of carbonyl (C=O) groups excluding carboxylic acids is 1. The van der Waals surface area contributed by atoms with Crippen molar-refractivity contribution in [1.29, 1.82) is 5.41 Å². The number of nitrogens with zero attached hydrogens (tertiary/aromatic N) is 2. The molecule has 1 atom stereocenters. The van der Waals surface area contributed by atoms with Crippen LogP contribution in [0.3, 0.4) is 0 Å². The van der Waals surface area contributed by atoms with E-state index >= 15 is 0 Å². The van der Waals surface area contributed by atoms with Crippen LogP contribution in [-0.2, 0) is 0 Å². The first-order valence-electron chi connectivity index (χ1n) is 4.64. The molecule has 5 heteroatoms. The van der Waals surface area contributed by atoms with Gasteiger partial charge in [0.25, 0.3) is 0 Å². The van der Waals surface area contributed by atoms with Crippen LogP contribution >= 0.6 is 0 Å². The molecule has 1 aromatic rings. The smallest absolute Gasteiger partial charge is 0.313 e. The van der Waals surface area contributed by atoms with Crippen LogP contribution in [-0.4, -0.2) is 28.8 Å². The number of carbonyl (C=O) groups is 1. The highest BCUT2D eigenvalue weighted by atomic mass is 16.2. The van der Waals surface area contributed by atoms with Crippen LogP contribution in [0, 0.1) is 12.3 Å². The molecule has 1 fully saturated rings. The van der Waals surface area contributed by atoms with Gasteiger partial charge in [-0.2, -0.15) is 0 Å². The predicted molar refractivity (Wildman–Crippen MR) is 55.7 cm³/mol. The zero-order valence-electron chi connectivity index (χ0n) is 8.61.